The van der Waals surface area contributed by atoms with Gasteiger partial charge in [-0.25, -0.2) is 0 Å². The molecule has 0 heterocycles. The van der Waals surface area contributed by atoms with Gasteiger partial charge in [0.1, 0.15) is 0 Å². The van der Waals surface area contributed by atoms with Gasteiger partial charge in [-0.05, 0) is 19.3 Å². The van der Waals surface area contributed by atoms with E-state index in [1.54, 1.807) is 0 Å². The molecule has 0 radical (unpaired) electrons. The third kappa shape index (κ3) is 5.94. The molecule has 0 rings (SSSR count). The Labute approximate surface area is 116 Å². The van der Waals surface area contributed by atoms with Crippen LogP contribution in [-0.2, 0) is 4.79 Å². The van der Waals surface area contributed by atoms with Crippen molar-refractivity contribution in [3.05, 3.63) is 0 Å². The summed E-state index contributed by atoms with van der Waals surface area (Å²) < 4.78 is 0. The van der Waals surface area contributed by atoms with Crippen molar-refractivity contribution in [2.24, 2.45) is 5.41 Å². The number of carbonyl (C=O) groups is 1. The van der Waals surface area contributed by atoms with Crippen LogP contribution >= 0.6 is 0 Å². The van der Waals surface area contributed by atoms with Crippen LogP contribution in [0.5, 0.6) is 0 Å². The van der Waals surface area contributed by atoms with E-state index < -0.39 is 11.4 Å². The average Bonchev–Trinajstić information content (AvgIpc) is 2.18. The summed E-state index contributed by atoms with van der Waals surface area (Å²) >= 11 is 0. The second-order valence-corrected chi connectivity index (χ2v) is 4.09. The van der Waals surface area contributed by atoms with Gasteiger partial charge in [-0.2, -0.15) is 0 Å². The third-order valence-corrected chi connectivity index (χ3v) is 3.30. The van der Waals surface area contributed by atoms with Gasteiger partial charge >= 0.3 is 29.6 Å². The van der Waals surface area contributed by atoms with Crippen molar-refractivity contribution in [1.82, 2.24) is 0 Å². The summed E-state index contributed by atoms with van der Waals surface area (Å²) in [5.41, 5.74) is -0.562. The molecule has 0 saturated heterocycles. The van der Waals surface area contributed by atoms with Crippen LogP contribution in [-0.4, -0.2) is 5.97 Å². The van der Waals surface area contributed by atoms with E-state index in [0.717, 1.165) is 19.3 Å². The van der Waals surface area contributed by atoms with Crippen LogP contribution in [0, 0.1) is 5.41 Å². The van der Waals surface area contributed by atoms with Crippen LogP contribution < -0.4 is 34.7 Å². The summed E-state index contributed by atoms with van der Waals surface area (Å²) in [7, 11) is 0. The molecule has 0 aromatic carbocycles. The predicted molar refractivity (Wildman–Crippen MR) is 56.8 cm³/mol. The molecule has 0 unspecified atom stereocenters. The maximum Gasteiger partial charge on any atom is 1.00 e. The largest absolute Gasteiger partial charge is 1.00 e. The molecule has 0 aromatic heterocycles. The van der Waals surface area contributed by atoms with Crippen LogP contribution in [0.2, 0.25) is 0 Å². The van der Waals surface area contributed by atoms with E-state index in [0.29, 0.717) is 12.8 Å². The molecule has 0 aromatic rings. The van der Waals surface area contributed by atoms with Gasteiger partial charge in [0.2, 0.25) is 0 Å². The molecule has 15 heavy (non-hydrogen) atoms. The van der Waals surface area contributed by atoms with Gasteiger partial charge in [0.15, 0.2) is 0 Å². The zero-order chi connectivity index (χ0) is 11.0. The number of rotatable bonds is 8. The van der Waals surface area contributed by atoms with Gasteiger partial charge in [-0.15, -0.1) is 0 Å². The van der Waals surface area contributed by atoms with Gasteiger partial charge in [0.05, 0.1) is 0 Å². The molecule has 0 amide bonds. The maximum absolute atomic E-state index is 11.0. The maximum atomic E-state index is 11.0. The molecule has 0 aliphatic carbocycles. The summed E-state index contributed by atoms with van der Waals surface area (Å²) in [6.07, 6.45) is 6.72. The Bertz CT molecular complexity index is 165. The molecule has 0 aliphatic rings. The predicted octanol–water partition coefficient (Wildman–Crippen LogP) is -0.483. The van der Waals surface area contributed by atoms with E-state index in [9.17, 15) is 9.90 Å². The molecule has 2 nitrogen and oxygen atoms in total. The van der Waals surface area contributed by atoms with Crippen molar-refractivity contribution in [1.29, 1.82) is 0 Å². The first-order valence-electron chi connectivity index (χ1n) is 5.84. The van der Waals surface area contributed by atoms with E-state index in [4.69, 9.17) is 0 Å². The fraction of sp³-hybridized carbons (Fsp3) is 0.917. The Hall–Kier alpha value is 0.470. The molecule has 0 saturated carbocycles. The summed E-state index contributed by atoms with van der Waals surface area (Å²) in [6.45, 7) is 6.05. The minimum absolute atomic E-state index is 0. The van der Waals surface area contributed by atoms with E-state index in [-0.39, 0.29) is 29.6 Å². The average molecular weight is 222 g/mol. The summed E-state index contributed by atoms with van der Waals surface area (Å²) in [4.78, 5) is 11.0. The monoisotopic (exact) mass is 222 g/mol. The van der Waals surface area contributed by atoms with Gasteiger partial charge in [0, 0.05) is 11.4 Å². The first kappa shape index (κ1) is 17.9. The molecule has 0 spiro atoms. The van der Waals surface area contributed by atoms with Crippen LogP contribution in [0.4, 0.5) is 0 Å². The van der Waals surface area contributed by atoms with Crippen molar-refractivity contribution in [2.75, 3.05) is 0 Å². The number of carboxylic acids is 1. The Kier molecular flexibility index (Phi) is 11.5. The number of hydrogen-bond acceptors (Lipinski definition) is 2. The molecule has 0 N–H and O–H groups in total. The van der Waals surface area contributed by atoms with E-state index in [1.807, 2.05) is 13.8 Å². The molecular weight excluding hydrogens is 199 g/mol. The smallest absolute Gasteiger partial charge is 0.550 e. The van der Waals surface area contributed by atoms with Gasteiger partial charge in [-0.3, -0.25) is 0 Å². The minimum atomic E-state index is -0.862. The molecule has 0 bridgehead atoms. The SMILES string of the molecule is CCCCCCC(CC)(CC)C(=O)[O-].[Na+]. The Morgan fingerprint density at radius 2 is 1.60 bits per heavy atom. The molecule has 0 fully saturated rings. The van der Waals surface area contributed by atoms with Crippen molar-refractivity contribution >= 4 is 5.97 Å². The van der Waals surface area contributed by atoms with Crippen molar-refractivity contribution in [3.63, 3.8) is 0 Å². The first-order chi connectivity index (χ1) is 6.63. The Morgan fingerprint density at radius 1 is 1.07 bits per heavy atom. The second-order valence-electron chi connectivity index (χ2n) is 4.09. The fourth-order valence-corrected chi connectivity index (χ4v) is 1.88. The minimum Gasteiger partial charge on any atom is -0.550 e. The molecular formula is C12H23NaO2. The summed E-state index contributed by atoms with van der Waals surface area (Å²) in [5.74, 6) is -0.862. The van der Waals surface area contributed by atoms with Crippen molar-refractivity contribution < 1.29 is 39.5 Å². The number of carboxylic acid groups (broad SMARTS) is 1. The zero-order valence-electron chi connectivity index (χ0n) is 10.8. The molecule has 0 aliphatic heterocycles. The normalized spacial score (nSPS) is 10.9. The van der Waals surface area contributed by atoms with Gasteiger partial charge < -0.3 is 9.90 Å². The summed E-state index contributed by atoms with van der Waals surface area (Å²) in [5, 5.41) is 11.0. The van der Waals surface area contributed by atoms with E-state index in [1.165, 1.54) is 12.8 Å². The van der Waals surface area contributed by atoms with Crippen LogP contribution in [0.3, 0.4) is 0 Å². The second kappa shape index (κ2) is 9.68. The topological polar surface area (TPSA) is 40.1 Å². The van der Waals surface area contributed by atoms with Crippen LogP contribution in [0.15, 0.2) is 0 Å². The fourth-order valence-electron chi connectivity index (χ4n) is 1.88. The third-order valence-electron chi connectivity index (χ3n) is 3.30. The van der Waals surface area contributed by atoms with Gasteiger partial charge in [-0.1, -0.05) is 46.5 Å². The molecule has 84 valence electrons. The number of aliphatic carboxylic acids is 1. The quantitative estimate of drug-likeness (QED) is 0.411. The molecule has 0 atom stereocenters. The summed E-state index contributed by atoms with van der Waals surface area (Å²) in [6, 6.07) is 0. The Balaban J connectivity index is 0. The zero-order valence-corrected chi connectivity index (χ0v) is 12.8. The van der Waals surface area contributed by atoms with E-state index >= 15 is 0 Å². The van der Waals surface area contributed by atoms with Crippen molar-refractivity contribution in [2.45, 2.75) is 65.7 Å². The van der Waals surface area contributed by atoms with Crippen molar-refractivity contribution in [3.8, 4) is 0 Å². The van der Waals surface area contributed by atoms with Crippen LogP contribution in [0.1, 0.15) is 65.7 Å². The number of hydrogen-bond donors (Lipinski definition) is 0. The first-order valence-corrected chi connectivity index (χ1v) is 5.84. The molecule has 3 heteroatoms. The van der Waals surface area contributed by atoms with Crippen LogP contribution in [0.25, 0.3) is 0 Å². The number of unbranched alkanes of at least 4 members (excludes halogenated alkanes) is 3. The van der Waals surface area contributed by atoms with Gasteiger partial charge in [0.25, 0.3) is 0 Å². The standard InChI is InChI=1S/C12H24O2.Na/c1-4-7-8-9-10-12(5-2,6-3)11(13)14;/h4-10H2,1-3H3,(H,13,14);/q;+1/p-1. The van der Waals surface area contributed by atoms with E-state index in [2.05, 4.69) is 6.92 Å². The number of carbonyl (C=O) groups excluding carboxylic acids is 1. The Morgan fingerprint density at radius 3 is 1.93 bits per heavy atom.